The number of alkyl halides is 3. The number of ether oxygens (including phenoxy) is 3. The van der Waals surface area contributed by atoms with E-state index in [1.807, 2.05) is 0 Å². The van der Waals surface area contributed by atoms with Gasteiger partial charge in [0.05, 0.1) is 19.8 Å². The van der Waals surface area contributed by atoms with Crippen molar-refractivity contribution in [3.05, 3.63) is 41.1 Å². The van der Waals surface area contributed by atoms with Crippen LogP contribution in [0.25, 0.3) is 0 Å². The van der Waals surface area contributed by atoms with Crippen LogP contribution in [0.15, 0.2) is 30.0 Å². The Bertz CT molecular complexity index is 832. The molecule has 1 atom stereocenters. The van der Waals surface area contributed by atoms with Crippen molar-refractivity contribution in [2.45, 2.75) is 39.5 Å². The van der Waals surface area contributed by atoms with Crippen LogP contribution in [0.4, 0.5) is 18.9 Å². The minimum atomic E-state index is -5.33. The van der Waals surface area contributed by atoms with E-state index in [-0.39, 0.29) is 31.1 Å². The van der Waals surface area contributed by atoms with Gasteiger partial charge < -0.3 is 24.6 Å². The van der Waals surface area contributed by atoms with Crippen LogP contribution in [0.5, 0.6) is 0 Å². The summed E-state index contributed by atoms with van der Waals surface area (Å²) in [6.45, 7) is 5.45. The van der Waals surface area contributed by atoms with Gasteiger partial charge in [-0.1, -0.05) is 12.1 Å². The van der Waals surface area contributed by atoms with Gasteiger partial charge in [-0.25, -0.2) is 14.4 Å². The smallest absolute Gasteiger partial charge is 0.432 e. The van der Waals surface area contributed by atoms with E-state index in [0.717, 1.165) is 24.4 Å². The molecule has 1 aromatic rings. The molecule has 0 aliphatic carbocycles. The van der Waals surface area contributed by atoms with Crippen molar-refractivity contribution in [3.8, 4) is 0 Å². The van der Waals surface area contributed by atoms with Gasteiger partial charge in [0.1, 0.15) is 0 Å². The number of aliphatic hydroxyl groups is 1. The van der Waals surface area contributed by atoms with Crippen LogP contribution in [0, 0.1) is 6.92 Å². The van der Waals surface area contributed by atoms with Gasteiger partial charge in [-0.15, -0.1) is 0 Å². The molecule has 0 bridgehead atoms. The number of carbonyl (C=O) groups excluding carboxylic acids is 3. The van der Waals surface area contributed by atoms with E-state index in [1.165, 1.54) is 13.8 Å². The Balaban J connectivity index is 3.31. The second kappa shape index (κ2) is 10.8. The maximum Gasteiger partial charge on any atom is 0.432 e. The second-order valence-electron chi connectivity index (χ2n) is 6.10. The molecule has 172 valence electrons. The number of hydrogen-bond acceptors (Lipinski definition) is 8. The van der Waals surface area contributed by atoms with Crippen LogP contribution in [0.3, 0.4) is 0 Å². The minimum absolute atomic E-state index is 0.00713. The van der Waals surface area contributed by atoms with Crippen LogP contribution in [0.2, 0.25) is 0 Å². The quantitative estimate of drug-likeness (QED) is 0.195. The summed E-state index contributed by atoms with van der Waals surface area (Å²) in [6.07, 6.45) is -4.33. The van der Waals surface area contributed by atoms with Crippen molar-refractivity contribution < 1.29 is 46.9 Å². The molecule has 2 N–H and O–H groups in total. The van der Waals surface area contributed by atoms with Crippen LogP contribution in [0.1, 0.15) is 31.9 Å². The zero-order valence-electron chi connectivity index (χ0n) is 17.5. The number of carbonyl (C=O) groups is 3. The Morgan fingerprint density at radius 2 is 1.52 bits per heavy atom. The lowest BCUT2D eigenvalue weighted by atomic mass is 9.91. The fourth-order valence-corrected chi connectivity index (χ4v) is 2.45. The van der Waals surface area contributed by atoms with E-state index < -0.39 is 40.8 Å². The minimum Gasteiger partial charge on any atom is -0.463 e. The summed E-state index contributed by atoms with van der Waals surface area (Å²) in [6, 6.07) is 2.96. The van der Waals surface area contributed by atoms with E-state index >= 15 is 0 Å². The Morgan fingerprint density at radius 1 is 1.00 bits per heavy atom. The maximum absolute atomic E-state index is 13.5. The summed E-state index contributed by atoms with van der Waals surface area (Å²) in [5, 5.41) is 12.8. The first-order chi connectivity index (χ1) is 14.4. The van der Waals surface area contributed by atoms with Crippen molar-refractivity contribution in [2.75, 3.05) is 25.1 Å². The molecule has 0 saturated carbocycles. The van der Waals surface area contributed by atoms with Crippen molar-refractivity contribution in [3.63, 3.8) is 0 Å². The molecule has 0 aliphatic heterocycles. The van der Waals surface area contributed by atoms with E-state index in [0.29, 0.717) is 0 Å². The first-order valence-corrected chi connectivity index (χ1v) is 9.32. The summed E-state index contributed by atoms with van der Waals surface area (Å²) in [4.78, 5) is 35.8. The van der Waals surface area contributed by atoms with E-state index in [1.54, 1.807) is 13.8 Å². The third-order valence-electron chi connectivity index (χ3n) is 3.99. The Hall–Kier alpha value is -3.08. The first-order valence-electron chi connectivity index (χ1n) is 9.32. The monoisotopic (exact) mass is 447 g/mol. The zero-order chi connectivity index (χ0) is 23.8. The predicted octanol–water partition coefficient (Wildman–Crippen LogP) is 2.73. The third kappa shape index (κ3) is 5.97. The lowest BCUT2D eigenvalue weighted by molar-refractivity contribution is -0.267. The topological polar surface area (TPSA) is 111 Å². The Kier molecular flexibility index (Phi) is 9.04. The molecule has 0 spiro atoms. The standard InChI is InChI=1S/C20H24F3NO7/c1-5-29-16(25)14(17(26)30-6-2)11-24-15-9-8-13(10-12(15)4)19(28,20(21,22)23)18(27)31-7-3/h8-11,24,28H,5-7H2,1-4H3/t19-/m1/s1. The number of esters is 3. The molecule has 8 nitrogen and oxygen atoms in total. The molecule has 0 radical (unpaired) electrons. The molecule has 0 amide bonds. The summed E-state index contributed by atoms with van der Waals surface area (Å²) in [7, 11) is 0. The lowest BCUT2D eigenvalue weighted by Gasteiger charge is -2.29. The summed E-state index contributed by atoms with van der Waals surface area (Å²) >= 11 is 0. The second-order valence-corrected chi connectivity index (χ2v) is 6.10. The SMILES string of the molecule is CCOC(=O)C(=CNc1ccc([C@@](O)(C(=O)OCC)C(F)(F)F)cc1C)C(=O)OCC. The normalized spacial score (nSPS) is 12.9. The predicted molar refractivity (Wildman–Crippen MR) is 103 cm³/mol. The fourth-order valence-electron chi connectivity index (χ4n) is 2.45. The average Bonchev–Trinajstić information content (AvgIpc) is 2.68. The number of rotatable bonds is 9. The summed E-state index contributed by atoms with van der Waals surface area (Å²) in [5.74, 6) is -3.75. The molecule has 31 heavy (non-hydrogen) atoms. The van der Waals surface area contributed by atoms with Gasteiger partial charge in [0.15, 0.2) is 5.57 Å². The zero-order valence-corrected chi connectivity index (χ0v) is 17.5. The van der Waals surface area contributed by atoms with Crippen molar-refractivity contribution in [1.29, 1.82) is 0 Å². The first kappa shape index (κ1) is 26.0. The number of hydrogen-bond donors (Lipinski definition) is 2. The molecule has 0 fully saturated rings. The highest BCUT2D eigenvalue weighted by Crippen LogP contribution is 2.41. The number of benzene rings is 1. The number of nitrogens with one attached hydrogen (secondary N) is 1. The van der Waals surface area contributed by atoms with E-state index in [2.05, 4.69) is 10.1 Å². The summed E-state index contributed by atoms with van der Waals surface area (Å²) < 4.78 is 54.4. The van der Waals surface area contributed by atoms with Gasteiger partial charge in [-0.2, -0.15) is 13.2 Å². The highest BCUT2D eigenvalue weighted by Gasteiger charge is 2.62. The number of aryl methyl sites for hydroxylation is 1. The van der Waals surface area contributed by atoms with Gasteiger partial charge in [0.2, 0.25) is 0 Å². The molecule has 0 unspecified atom stereocenters. The van der Waals surface area contributed by atoms with E-state index in [9.17, 15) is 32.7 Å². The van der Waals surface area contributed by atoms with Gasteiger partial charge in [-0.05, 0) is 39.3 Å². The van der Waals surface area contributed by atoms with Crippen LogP contribution in [-0.2, 0) is 34.2 Å². The van der Waals surface area contributed by atoms with Crippen LogP contribution in [-0.4, -0.2) is 49.0 Å². The van der Waals surface area contributed by atoms with Crippen LogP contribution >= 0.6 is 0 Å². The number of anilines is 1. The summed E-state index contributed by atoms with van der Waals surface area (Å²) in [5.41, 5.74) is -4.69. The van der Waals surface area contributed by atoms with Gasteiger partial charge in [0, 0.05) is 17.5 Å². The maximum atomic E-state index is 13.5. The van der Waals surface area contributed by atoms with Gasteiger partial charge >= 0.3 is 24.1 Å². The number of halogens is 3. The molecule has 11 heteroatoms. The lowest BCUT2D eigenvalue weighted by Crippen LogP contribution is -2.50. The average molecular weight is 447 g/mol. The van der Waals surface area contributed by atoms with Gasteiger partial charge in [-0.3, -0.25) is 0 Å². The van der Waals surface area contributed by atoms with Crippen molar-refractivity contribution in [2.24, 2.45) is 0 Å². The molecule has 0 heterocycles. The molecule has 1 aromatic carbocycles. The van der Waals surface area contributed by atoms with Crippen molar-refractivity contribution in [1.82, 2.24) is 0 Å². The van der Waals surface area contributed by atoms with Gasteiger partial charge in [0.25, 0.3) is 5.60 Å². The molecular formula is C20H24F3NO7. The molecule has 0 saturated heterocycles. The Labute approximate surface area is 177 Å². The van der Waals surface area contributed by atoms with E-state index in [4.69, 9.17) is 9.47 Å². The fraction of sp³-hybridized carbons (Fsp3) is 0.450. The highest BCUT2D eigenvalue weighted by atomic mass is 19.4. The molecule has 0 aliphatic rings. The van der Waals surface area contributed by atoms with Crippen LogP contribution < -0.4 is 5.32 Å². The molecular weight excluding hydrogens is 423 g/mol. The molecule has 0 aromatic heterocycles. The highest BCUT2D eigenvalue weighted by molar-refractivity contribution is 6.14. The van der Waals surface area contributed by atoms with Crippen molar-refractivity contribution >= 4 is 23.6 Å². The Morgan fingerprint density at radius 3 is 1.94 bits per heavy atom. The largest absolute Gasteiger partial charge is 0.463 e. The molecule has 1 rings (SSSR count). The third-order valence-corrected chi connectivity index (χ3v) is 3.99.